The van der Waals surface area contributed by atoms with Crippen molar-refractivity contribution in [3.8, 4) is 5.75 Å². The number of rotatable bonds is 9. The van der Waals surface area contributed by atoms with Crippen LogP contribution in [0.1, 0.15) is 33.2 Å². The van der Waals surface area contributed by atoms with Crippen LogP contribution in [-0.4, -0.2) is 41.9 Å². The highest BCUT2D eigenvalue weighted by molar-refractivity contribution is 5.97. The van der Waals surface area contributed by atoms with E-state index in [0.717, 1.165) is 5.56 Å². The molecule has 180 valence electrons. The minimum Gasteiger partial charge on any atom is -0.465 e. The van der Waals surface area contributed by atoms with Gasteiger partial charge in [0.15, 0.2) is 5.96 Å². The number of nitrogens with zero attached hydrogens (tertiary/aromatic N) is 2. The first-order valence-corrected chi connectivity index (χ1v) is 10.9. The average Bonchev–Trinajstić information content (AvgIpc) is 2.85. The molecule has 0 saturated heterocycles. The lowest BCUT2D eigenvalue weighted by molar-refractivity contribution is -0.143. The first kappa shape index (κ1) is 25.0. The number of carbonyl (C=O) groups excluding carboxylic acids is 3. The zero-order valence-corrected chi connectivity index (χ0v) is 19.2. The van der Waals surface area contributed by atoms with E-state index in [-0.39, 0.29) is 37.1 Å². The molecule has 3 aromatic carbocycles. The van der Waals surface area contributed by atoms with Crippen molar-refractivity contribution < 1.29 is 23.9 Å². The molecule has 4 N–H and O–H groups in total. The molecule has 1 amide bonds. The maximum absolute atomic E-state index is 13.1. The molecular formula is C26H26N4O5. The third-order valence-corrected chi connectivity index (χ3v) is 4.80. The van der Waals surface area contributed by atoms with E-state index >= 15 is 0 Å². The minimum absolute atomic E-state index is 0.0750. The Morgan fingerprint density at radius 3 is 2.09 bits per heavy atom. The maximum Gasteiger partial charge on any atom is 0.343 e. The molecule has 0 aliphatic heterocycles. The summed E-state index contributed by atoms with van der Waals surface area (Å²) in [5, 5.41) is 0. The van der Waals surface area contributed by atoms with Gasteiger partial charge in [-0.3, -0.25) is 9.59 Å². The van der Waals surface area contributed by atoms with Crippen molar-refractivity contribution in [1.29, 1.82) is 0 Å². The van der Waals surface area contributed by atoms with Gasteiger partial charge in [-0.1, -0.05) is 30.3 Å². The van der Waals surface area contributed by atoms with Gasteiger partial charge in [0, 0.05) is 12.1 Å². The molecule has 0 atom stereocenters. The first-order valence-electron chi connectivity index (χ1n) is 10.9. The Labute approximate surface area is 203 Å². The van der Waals surface area contributed by atoms with Gasteiger partial charge in [0.05, 0.1) is 17.9 Å². The summed E-state index contributed by atoms with van der Waals surface area (Å²) in [4.78, 5) is 43.0. The fourth-order valence-corrected chi connectivity index (χ4v) is 3.20. The van der Waals surface area contributed by atoms with E-state index in [2.05, 4.69) is 4.99 Å². The number of hydrogen-bond acceptors (Lipinski definition) is 6. The molecule has 3 rings (SSSR count). The normalized spacial score (nSPS) is 10.2. The Morgan fingerprint density at radius 1 is 0.857 bits per heavy atom. The van der Waals surface area contributed by atoms with E-state index in [0.29, 0.717) is 17.0 Å². The number of guanidine groups is 1. The van der Waals surface area contributed by atoms with Gasteiger partial charge in [-0.15, -0.1) is 0 Å². The number of amides is 1. The van der Waals surface area contributed by atoms with Crippen LogP contribution in [0.25, 0.3) is 0 Å². The summed E-state index contributed by atoms with van der Waals surface area (Å²) in [6, 6.07) is 21.7. The lowest BCUT2D eigenvalue weighted by atomic mass is 10.1. The number of nitrogens with two attached hydrogens (primary N) is 2. The second kappa shape index (κ2) is 12.0. The summed E-state index contributed by atoms with van der Waals surface area (Å²) < 4.78 is 10.4. The maximum atomic E-state index is 13.1. The van der Waals surface area contributed by atoms with E-state index < -0.39 is 11.9 Å². The highest BCUT2D eigenvalue weighted by atomic mass is 16.5. The first-order chi connectivity index (χ1) is 16.9. The molecule has 0 bridgehead atoms. The Bertz CT molecular complexity index is 1190. The number of aliphatic imine (C=N–C) groups is 1. The molecule has 3 aromatic rings. The van der Waals surface area contributed by atoms with Gasteiger partial charge in [0.1, 0.15) is 12.3 Å². The predicted octanol–water partition coefficient (Wildman–Crippen LogP) is 3.02. The Hall–Kier alpha value is -4.66. The molecule has 0 spiro atoms. The zero-order valence-electron chi connectivity index (χ0n) is 19.2. The van der Waals surface area contributed by atoms with Crippen molar-refractivity contribution in [1.82, 2.24) is 4.90 Å². The minimum atomic E-state index is -0.591. The van der Waals surface area contributed by atoms with Crippen LogP contribution in [0.4, 0.5) is 5.69 Å². The fourth-order valence-electron chi connectivity index (χ4n) is 3.20. The number of esters is 2. The molecule has 0 aromatic heterocycles. The summed E-state index contributed by atoms with van der Waals surface area (Å²) in [6.07, 6.45) is 0. The number of carbonyl (C=O) groups is 3. The number of hydrogen-bond donors (Lipinski definition) is 2. The van der Waals surface area contributed by atoms with Crippen LogP contribution in [0.2, 0.25) is 0 Å². The van der Waals surface area contributed by atoms with Crippen molar-refractivity contribution in [2.24, 2.45) is 16.5 Å². The van der Waals surface area contributed by atoms with Gasteiger partial charge in [-0.25, -0.2) is 9.79 Å². The molecule has 9 heteroatoms. The third-order valence-electron chi connectivity index (χ3n) is 4.80. The summed E-state index contributed by atoms with van der Waals surface area (Å²) in [6.45, 7) is 1.97. The summed E-state index contributed by atoms with van der Waals surface area (Å²) >= 11 is 0. The Kier molecular flexibility index (Phi) is 8.55. The van der Waals surface area contributed by atoms with Crippen LogP contribution < -0.4 is 16.2 Å². The Morgan fingerprint density at radius 2 is 1.49 bits per heavy atom. The summed E-state index contributed by atoms with van der Waals surface area (Å²) in [7, 11) is 0. The molecule has 9 nitrogen and oxygen atoms in total. The van der Waals surface area contributed by atoms with E-state index in [4.69, 9.17) is 20.9 Å². The van der Waals surface area contributed by atoms with E-state index in [1.807, 2.05) is 30.3 Å². The van der Waals surface area contributed by atoms with Gasteiger partial charge in [0.25, 0.3) is 5.91 Å². The largest absolute Gasteiger partial charge is 0.465 e. The van der Waals surface area contributed by atoms with Crippen molar-refractivity contribution in [2.75, 3.05) is 13.2 Å². The van der Waals surface area contributed by atoms with E-state index in [1.54, 1.807) is 31.2 Å². The summed E-state index contributed by atoms with van der Waals surface area (Å²) in [5.41, 5.74) is 12.7. The smallest absolute Gasteiger partial charge is 0.343 e. The SMILES string of the molecule is CCOC(=O)CN(Cc1ccccc1)C(=O)c1ccc(C(=O)Oc2ccc(N=C(N)N)cc2)cc1. The molecule has 0 fully saturated rings. The standard InChI is InChI=1S/C26H26N4O5/c1-2-34-23(31)17-30(16-18-6-4-3-5-7-18)24(32)19-8-10-20(11-9-19)25(33)35-22-14-12-21(13-15-22)29-26(27)28/h3-15H,2,16-17H2,1H3,(H4,27,28,29). The van der Waals surface area contributed by atoms with Crippen LogP contribution >= 0.6 is 0 Å². The number of benzene rings is 3. The lowest BCUT2D eigenvalue weighted by Gasteiger charge is -2.22. The molecule has 0 aliphatic rings. The molecule has 0 saturated carbocycles. The molecule has 0 aliphatic carbocycles. The van der Waals surface area contributed by atoms with E-state index in [9.17, 15) is 14.4 Å². The van der Waals surface area contributed by atoms with Crippen LogP contribution in [0.5, 0.6) is 5.75 Å². The van der Waals surface area contributed by atoms with Crippen molar-refractivity contribution in [3.05, 3.63) is 95.6 Å². The Balaban J connectivity index is 1.70. The van der Waals surface area contributed by atoms with Crippen LogP contribution in [0, 0.1) is 0 Å². The van der Waals surface area contributed by atoms with Gasteiger partial charge < -0.3 is 25.8 Å². The number of ether oxygens (including phenoxy) is 2. The van der Waals surface area contributed by atoms with Gasteiger partial charge >= 0.3 is 11.9 Å². The molecule has 35 heavy (non-hydrogen) atoms. The van der Waals surface area contributed by atoms with Gasteiger partial charge in [0.2, 0.25) is 0 Å². The third kappa shape index (κ3) is 7.43. The van der Waals surface area contributed by atoms with Gasteiger partial charge in [-0.2, -0.15) is 0 Å². The second-order valence-electron chi connectivity index (χ2n) is 7.45. The van der Waals surface area contributed by atoms with Crippen molar-refractivity contribution in [3.63, 3.8) is 0 Å². The highest BCUT2D eigenvalue weighted by Gasteiger charge is 2.20. The molecule has 0 radical (unpaired) electrons. The quantitative estimate of drug-likeness (QED) is 0.210. The van der Waals surface area contributed by atoms with Crippen LogP contribution in [0.3, 0.4) is 0 Å². The second-order valence-corrected chi connectivity index (χ2v) is 7.45. The molecule has 0 heterocycles. The highest BCUT2D eigenvalue weighted by Crippen LogP contribution is 2.19. The van der Waals surface area contributed by atoms with E-state index in [1.165, 1.54) is 29.2 Å². The fraction of sp³-hybridized carbons (Fsp3) is 0.154. The summed E-state index contributed by atoms with van der Waals surface area (Å²) in [5.74, 6) is -1.21. The monoisotopic (exact) mass is 474 g/mol. The van der Waals surface area contributed by atoms with Gasteiger partial charge in [-0.05, 0) is 61.0 Å². The molecular weight excluding hydrogens is 448 g/mol. The lowest BCUT2D eigenvalue weighted by Crippen LogP contribution is -2.36. The predicted molar refractivity (Wildman–Crippen MR) is 131 cm³/mol. The topological polar surface area (TPSA) is 137 Å². The molecule has 0 unspecified atom stereocenters. The average molecular weight is 475 g/mol. The van der Waals surface area contributed by atoms with Crippen LogP contribution in [-0.2, 0) is 16.1 Å². The van der Waals surface area contributed by atoms with Crippen LogP contribution in [0.15, 0.2) is 83.9 Å². The van der Waals surface area contributed by atoms with Crippen molar-refractivity contribution in [2.45, 2.75) is 13.5 Å². The van der Waals surface area contributed by atoms with Crippen molar-refractivity contribution >= 4 is 29.5 Å². The zero-order chi connectivity index (χ0) is 25.2.